The molecule has 0 aromatic heterocycles. The molecular formula is C21H27N3O3. The molecule has 6 nitrogen and oxygen atoms in total. The summed E-state index contributed by atoms with van der Waals surface area (Å²) in [6.07, 6.45) is 9.47. The van der Waals surface area contributed by atoms with Crippen LogP contribution in [0.5, 0.6) is 0 Å². The van der Waals surface area contributed by atoms with Crippen molar-refractivity contribution in [3.63, 3.8) is 0 Å². The average molecular weight is 369 g/mol. The quantitative estimate of drug-likeness (QED) is 0.801. The first-order chi connectivity index (χ1) is 13.1. The van der Waals surface area contributed by atoms with Crippen molar-refractivity contribution in [1.29, 1.82) is 0 Å². The van der Waals surface area contributed by atoms with Crippen molar-refractivity contribution in [2.75, 3.05) is 18.4 Å². The Labute approximate surface area is 159 Å². The highest BCUT2D eigenvalue weighted by Gasteiger charge is 2.40. The summed E-state index contributed by atoms with van der Waals surface area (Å²) in [6, 6.07) is 4.95. The van der Waals surface area contributed by atoms with Crippen LogP contribution in [-0.4, -0.2) is 46.8 Å². The fourth-order valence-electron chi connectivity index (χ4n) is 4.48. The topological polar surface area (TPSA) is 69.7 Å². The summed E-state index contributed by atoms with van der Waals surface area (Å²) in [5.41, 5.74) is 1.45. The summed E-state index contributed by atoms with van der Waals surface area (Å²) in [6.45, 7) is 1.54. The van der Waals surface area contributed by atoms with E-state index in [2.05, 4.69) is 5.32 Å². The number of nitrogens with one attached hydrogen (secondary N) is 1. The normalized spacial score (nSPS) is 21.2. The highest BCUT2D eigenvalue weighted by molar-refractivity contribution is 6.22. The average Bonchev–Trinajstić information content (AvgIpc) is 2.88. The maximum atomic E-state index is 12.9. The number of hydrogen-bond acceptors (Lipinski definition) is 3. The third-order valence-electron chi connectivity index (χ3n) is 6.00. The molecule has 1 aliphatic carbocycles. The van der Waals surface area contributed by atoms with Crippen LogP contribution in [0.15, 0.2) is 18.2 Å². The zero-order valence-corrected chi connectivity index (χ0v) is 15.7. The summed E-state index contributed by atoms with van der Waals surface area (Å²) >= 11 is 0. The first-order valence-corrected chi connectivity index (χ1v) is 10.2. The van der Waals surface area contributed by atoms with E-state index in [0.717, 1.165) is 64.5 Å². The van der Waals surface area contributed by atoms with Gasteiger partial charge in [0.25, 0.3) is 11.8 Å². The lowest BCUT2D eigenvalue weighted by Crippen LogP contribution is -2.40. The standard InChI is InChI=1S/C21H27N3O3/c25-19-17-11-10-15(22-21(27)23-12-6-1-2-7-13-23)14-18(17)20(26)24(19)16-8-4-3-5-9-16/h10-11,14,16H,1-9,12-13H2,(H,22,27). The Balaban J connectivity index is 1.49. The second-order valence-electron chi connectivity index (χ2n) is 7.86. The van der Waals surface area contributed by atoms with E-state index in [0.29, 0.717) is 16.8 Å². The van der Waals surface area contributed by atoms with Crippen LogP contribution in [0.2, 0.25) is 0 Å². The number of benzene rings is 1. The van der Waals surface area contributed by atoms with Crippen molar-refractivity contribution in [2.45, 2.75) is 63.8 Å². The molecule has 27 heavy (non-hydrogen) atoms. The van der Waals surface area contributed by atoms with Gasteiger partial charge in [0.05, 0.1) is 11.1 Å². The number of carbonyl (C=O) groups is 3. The summed E-state index contributed by atoms with van der Waals surface area (Å²) in [4.78, 5) is 41.4. The predicted octanol–water partition coefficient (Wildman–Crippen LogP) is 4.02. The lowest BCUT2D eigenvalue weighted by molar-refractivity contribution is 0.0549. The molecule has 2 heterocycles. The number of amides is 4. The van der Waals surface area contributed by atoms with E-state index < -0.39 is 0 Å². The lowest BCUT2D eigenvalue weighted by atomic mass is 9.94. The lowest BCUT2D eigenvalue weighted by Gasteiger charge is -2.29. The van der Waals surface area contributed by atoms with Gasteiger partial charge in [0.1, 0.15) is 0 Å². The van der Waals surface area contributed by atoms with Crippen molar-refractivity contribution >= 4 is 23.5 Å². The van der Waals surface area contributed by atoms with E-state index >= 15 is 0 Å². The minimum atomic E-state index is -0.215. The maximum Gasteiger partial charge on any atom is 0.321 e. The highest BCUT2D eigenvalue weighted by Crippen LogP contribution is 2.32. The Bertz CT molecular complexity index is 747. The van der Waals surface area contributed by atoms with E-state index in [1.165, 1.54) is 11.3 Å². The second kappa shape index (κ2) is 7.71. The summed E-state index contributed by atoms with van der Waals surface area (Å²) < 4.78 is 0. The van der Waals surface area contributed by atoms with Crippen molar-refractivity contribution in [3.8, 4) is 0 Å². The van der Waals surface area contributed by atoms with Gasteiger partial charge in [-0.25, -0.2) is 4.79 Å². The number of imide groups is 1. The molecule has 0 unspecified atom stereocenters. The summed E-state index contributed by atoms with van der Waals surface area (Å²) in [5.74, 6) is -0.403. The predicted molar refractivity (Wildman–Crippen MR) is 103 cm³/mol. The summed E-state index contributed by atoms with van der Waals surface area (Å²) in [5, 5.41) is 2.90. The molecule has 1 saturated carbocycles. The summed E-state index contributed by atoms with van der Waals surface area (Å²) in [7, 11) is 0. The van der Waals surface area contributed by atoms with E-state index in [1.54, 1.807) is 18.2 Å². The van der Waals surface area contributed by atoms with Gasteiger partial charge in [-0.1, -0.05) is 32.1 Å². The molecular weight excluding hydrogens is 342 g/mol. The van der Waals surface area contributed by atoms with Gasteiger partial charge in [-0.3, -0.25) is 14.5 Å². The van der Waals surface area contributed by atoms with Crippen LogP contribution in [0.1, 0.15) is 78.5 Å². The van der Waals surface area contributed by atoms with E-state index in [9.17, 15) is 14.4 Å². The van der Waals surface area contributed by atoms with Crippen molar-refractivity contribution < 1.29 is 14.4 Å². The van der Waals surface area contributed by atoms with E-state index in [4.69, 9.17) is 0 Å². The molecule has 0 atom stereocenters. The maximum absolute atomic E-state index is 12.9. The molecule has 0 spiro atoms. The Morgan fingerprint density at radius 2 is 1.48 bits per heavy atom. The number of nitrogens with zero attached hydrogens (tertiary/aromatic N) is 2. The number of hydrogen-bond donors (Lipinski definition) is 1. The fraction of sp³-hybridized carbons (Fsp3) is 0.571. The molecule has 2 aliphatic heterocycles. The number of urea groups is 1. The Morgan fingerprint density at radius 1 is 0.852 bits per heavy atom. The highest BCUT2D eigenvalue weighted by atomic mass is 16.2. The van der Waals surface area contributed by atoms with Crippen LogP contribution < -0.4 is 5.32 Å². The van der Waals surface area contributed by atoms with Crippen molar-refractivity contribution in [2.24, 2.45) is 0 Å². The van der Waals surface area contributed by atoms with Crippen LogP contribution in [-0.2, 0) is 0 Å². The third kappa shape index (κ3) is 3.57. The first-order valence-electron chi connectivity index (χ1n) is 10.2. The minimum Gasteiger partial charge on any atom is -0.325 e. The molecule has 1 N–H and O–H groups in total. The van der Waals surface area contributed by atoms with Gasteiger partial charge in [0, 0.05) is 24.8 Å². The number of fused-ring (bicyclic) bond motifs is 1. The molecule has 4 rings (SSSR count). The number of anilines is 1. The van der Waals surface area contributed by atoms with Gasteiger partial charge >= 0.3 is 6.03 Å². The smallest absolute Gasteiger partial charge is 0.321 e. The second-order valence-corrected chi connectivity index (χ2v) is 7.86. The minimum absolute atomic E-state index is 0.0151. The molecule has 144 valence electrons. The van der Waals surface area contributed by atoms with Gasteiger partial charge in [0.2, 0.25) is 0 Å². The van der Waals surface area contributed by atoms with E-state index in [-0.39, 0.29) is 23.9 Å². The SMILES string of the molecule is O=C(Nc1ccc2c(c1)C(=O)N(C1CCCCC1)C2=O)N1CCCCCC1. The largest absolute Gasteiger partial charge is 0.325 e. The number of carbonyl (C=O) groups excluding carboxylic acids is 3. The van der Waals surface area contributed by atoms with Crippen LogP contribution in [0, 0.1) is 0 Å². The Morgan fingerprint density at radius 3 is 2.19 bits per heavy atom. The Kier molecular flexibility index (Phi) is 5.14. The zero-order valence-electron chi connectivity index (χ0n) is 15.7. The molecule has 1 aromatic carbocycles. The van der Waals surface area contributed by atoms with Gasteiger partial charge < -0.3 is 10.2 Å². The van der Waals surface area contributed by atoms with Gasteiger partial charge in [-0.15, -0.1) is 0 Å². The van der Waals surface area contributed by atoms with Crippen LogP contribution in [0.3, 0.4) is 0 Å². The zero-order chi connectivity index (χ0) is 18.8. The molecule has 3 aliphatic rings. The molecule has 2 fully saturated rings. The number of likely N-dealkylation sites (tertiary alicyclic amines) is 1. The molecule has 0 radical (unpaired) electrons. The first kappa shape index (κ1) is 18.0. The van der Waals surface area contributed by atoms with Crippen molar-refractivity contribution in [3.05, 3.63) is 29.3 Å². The fourth-order valence-corrected chi connectivity index (χ4v) is 4.48. The molecule has 1 saturated heterocycles. The van der Waals surface area contributed by atoms with Crippen LogP contribution >= 0.6 is 0 Å². The molecule has 4 amide bonds. The van der Waals surface area contributed by atoms with Crippen LogP contribution in [0.25, 0.3) is 0 Å². The van der Waals surface area contributed by atoms with Gasteiger partial charge in [-0.05, 0) is 43.9 Å². The van der Waals surface area contributed by atoms with Gasteiger partial charge in [-0.2, -0.15) is 0 Å². The monoisotopic (exact) mass is 369 g/mol. The van der Waals surface area contributed by atoms with Crippen LogP contribution in [0.4, 0.5) is 10.5 Å². The van der Waals surface area contributed by atoms with Gasteiger partial charge in [0.15, 0.2) is 0 Å². The molecule has 1 aromatic rings. The third-order valence-corrected chi connectivity index (χ3v) is 6.00. The van der Waals surface area contributed by atoms with Crippen molar-refractivity contribution in [1.82, 2.24) is 9.80 Å². The molecule has 6 heteroatoms. The molecule has 0 bridgehead atoms. The Hall–Kier alpha value is -2.37. The number of rotatable bonds is 2. The van der Waals surface area contributed by atoms with E-state index in [1.807, 2.05) is 4.90 Å².